The lowest BCUT2D eigenvalue weighted by Crippen LogP contribution is -2.25. The van der Waals surface area contributed by atoms with Crippen LogP contribution in [0.15, 0.2) is 18.3 Å². The molecule has 6 heteroatoms. The van der Waals surface area contributed by atoms with Crippen molar-refractivity contribution in [1.29, 1.82) is 0 Å². The lowest BCUT2D eigenvalue weighted by Gasteiger charge is -2.20. The third kappa shape index (κ3) is 3.27. The van der Waals surface area contributed by atoms with E-state index in [0.717, 1.165) is 12.3 Å². The maximum absolute atomic E-state index is 12.3. The molecule has 1 heterocycles. The van der Waals surface area contributed by atoms with Crippen LogP contribution in [0.25, 0.3) is 0 Å². The SMILES string of the molecule is CCN(CCCl)c1ccc(C(F)(F)F)cn1. The standard InChI is InChI=1S/C10H12ClF3N2/c1-2-16(6-5-11)9-4-3-8(7-15-9)10(12,13)14/h3-4,7H,2,5-6H2,1H3. The largest absolute Gasteiger partial charge is 0.417 e. The highest BCUT2D eigenvalue weighted by Gasteiger charge is 2.30. The number of aromatic nitrogens is 1. The van der Waals surface area contributed by atoms with Crippen LogP contribution in [0.5, 0.6) is 0 Å². The Labute approximate surface area is 97.0 Å². The van der Waals surface area contributed by atoms with Gasteiger partial charge in [0.25, 0.3) is 0 Å². The highest BCUT2D eigenvalue weighted by atomic mass is 35.5. The maximum Gasteiger partial charge on any atom is 0.417 e. The van der Waals surface area contributed by atoms with Gasteiger partial charge in [0, 0.05) is 25.2 Å². The van der Waals surface area contributed by atoms with Crippen LogP contribution in [-0.4, -0.2) is 24.0 Å². The molecule has 0 N–H and O–H groups in total. The van der Waals surface area contributed by atoms with Gasteiger partial charge in [0.05, 0.1) is 5.56 Å². The lowest BCUT2D eigenvalue weighted by molar-refractivity contribution is -0.137. The quantitative estimate of drug-likeness (QED) is 0.766. The fourth-order valence-electron chi connectivity index (χ4n) is 1.28. The second kappa shape index (κ2) is 5.39. The average molecular weight is 253 g/mol. The van der Waals surface area contributed by atoms with Crippen LogP contribution in [0, 0.1) is 0 Å². The van der Waals surface area contributed by atoms with Gasteiger partial charge in [0.15, 0.2) is 0 Å². The Morgan fingerprint density at radius 3 is 2.44 bits per heavy atom. The highest BCUT2D eigenvalue weighted by molar-refractivity contribution is 6.18. The Balaban J connectivity index is 2.85. The van der Waals surface area contributed by atoms with Crippen LogP contribution in [0.4, 0.5) is 19.0 Å². The topological polar surface area (TPSA) is 16.1 Å². The number of alkyl halides is 4. The predicted octanol–water partition coefficient (Wildman–Crippen LogP) is 3.17. The number of nitrogens with zero attached hydrogens (tertiary/aromatic N) is 2. The summed E-state index contributed by atoms with van der Waals surface area (Å²) in [4.78, 5) is 5.59. The molecule has 1 aromatic heterocycles. The number of halogens is 4. The van der Waals surface area contributed by atoms with Gasteiger partial charge in [0.1, 0.15) is 5.82 Å². The molecule has 0 aliphatic carbocycles. The zero-order valence-electron chi connectivity index (χ0n) is 8.76. The second-order valence-electron chi connectivity index (χ2n) is 3.17. The van der Waals surface area contributed by atoms with E-state index in [-0.39, 0.29) is 0 Å². The molecule has 1 rings (SSSR count). The molecule has 1 aromatic rings. The molecule has 0 saturated carbocycles. The van der Waals surface area contributed by atoms with Crippen LogP contribution >= 0.6 is 11.6 Å². The molecule has 0 unspecified atom stereocenters. The molecule has 0 aliphatic heterocycles. The smallest absolute Gasteiger partial charge is 0.356 e. The van der Waals surface area contributed by atoms with Gasteiger partial charge in [-0.05, 0) is 19.1 Å². The predicted molar refractivity (Wildman–Crippen MR) is 57.8 cm³/mol. The maximum atomic E-state index is 12.3. The highest BCUT2D eigenvalue weighted by Crippen LogP contribution is 2.29. The van der Waals surface area contributed by atoms with Crippen molar-refractivity contribution in [2.75, 3.05) is 23.9 Å². The van der Waals surface area contributed by atoms with Gasteiger partial charge in [-0.2, -0.15) is 13.2 Å². The van der Waals surface area contributed by atoms with Gasteiger partial charge in [-0.1, -0.05) is 0 Å². The first-order valence-corrected chi connectivity index (χ1v) is 5.36. The average Bonchev–Trinajstić information content (AvgIpc) is 2.25. The number of hydrogen-bond acceptors (Lipinski definition) is 2. The van der Waals surface area contributed by atoms with Crippen molar-refractivity contribution >= 4 is 17.4 Å². The Morgan fingerprint density at radius 2 is 2.06 bits per heavy atom. The fraction of sp³-hybridized carbons (Fsp3) is 0.500. The normalized spacial score (nSPS) is 11.6. The van der Waals surface area contributed by atoms with E-state index < -0.39 is 11.7 Å². The molecule has 0 amide bonds. The molecule has 0 bridgehead atoms. The Hall–Kier alpha value is -0.970. The van der Waals surface area contributed by atoms with Gasteiger partial charge < -0.3 is 4.90 Å². The van der Waals surface area contributed by atoms with E-state index >= 15 is 0 Å². The summed E-state index contributed by atoms with van der Waals surface area (Å²) >= 11 is 5.58. The molecule has 16 heavy (non-hydrogen) atoms. The molecule has 0 aliphatic rings. The van der Waals surface area contributed by atoms with Crippen molar-refractivity contribution in [2.45, 2.75) is 13.1 Å². The monoisotopic (exact) mass is 252 g/mol. The van der Waals surface area contributed by atoms with Gasteiger partial charge in [-0.15, -0.1) is 11.6 Å². The molecule has 0 fully saturated rings. The fourth-order valence-corrected chi connectivity index (χ4v) is 1.48. The summed E-state index contributed by atoms with van der Waals surface area (Å²) in [6.07, 6.45) is -3.50. The Morgan fingerprint density at radius 1 is 1.38 bits per heavy atom. The molecular weight excluding hydrogens is 241 g/mol. The Bertz CT molecular complexity index is 324. The number of hydrogen-bond donors (Lipinski definition) is 0. The zero-order chi connectivity index (χ0) is 12.2. The molecule has 0 atom stereocenters. The van der Waals surface area contributed by atoms with E-state index in [0.29, 0.717) is 24.8 Å². The van der Waals surface area contributed by atoms with Crippen LogP contribution in [0.2, 0.25) is 0 Å². The van der Waals surface area contributed by atoms with E-state index in [1.807, 2.05) is 11.8 Å². The summed E-state index contributed by atoms with van der Waals surface area (Å²) in [6.45, 7) is 3.12. The first kappa shape index (κ1) is 13.1. The third-order valence-corrected chi connectivity index (χ3v) is 2.30. The van der Waals surface area contributed by atoms with E-state index in [9.17, 15) is 13.2 Å². The van der Waals surface area contributed by atoms with Gasteiger partial charge in [0.2, 0.25) is 0 Å². The summed E-state index contributed by atoms with van der Waals surface area (Å²) in [7, 11) is 0. The van der Waals surface area contributed by atoms with Crippen molar-refractivity contribution in [2.24, 2.45) is 0 Å². The molecular formula is C10H12ClF3N2. The summed E-state index contributed by atoms with van der Waals surface area (Å²) < 4.78 is 36.8. The molecule has 0 saturated heterocycles. The lowest BCUT2D eigenvalue weighted by atomic mass is 10.2. The first-order valence-electron chi connectivity index (χ1n) is 4.83. The summed E-state index contributed by atoms with van der Waals surface area (Å²) in [5.41, 5.74) is -0.738. The van der Waals surface area contributed by atoms with Crippen molar-refractivity contribution in [3.63, 3.8) is 0 Å². The summed E-state index contributed by atoms with van der Waals surface area (Å²) in [6, 6.07) is 2.39. The minimum absolute atomic E-state index is 0.413. The summed E-state index contributed by atoms with van der Waals surface area (Å²) in [5.74, 6) is 0.924. The minimum atomic E-state index is -4.34. The van der Waals surface area contributed by atoms with Crippen LogP contribution in [0.3, 0.4) is 0 Å². The van der Waals surface area contributed by atoms with Crippen molar-refractivity contribution in [3.8, 4) is 0 Å². The van der Waals surface area contributed by atoms with Crippen molar-refractivity contribution in [3.05, 3.63) is 23.9 Å². The molecule has 0 aromatic carbocycles. The van der Waals surface area contributed by atoms with Crippen molar-refractivity contribution in [1.82, 2.24) is 4.98 Å². The van der Waals surface area contributed by atoms with Crippen LogP contribution < -0.4 is 4.90 Å². The van der Waals surface area contributed by atoms with E-state index in [2.05, 4.69) is 4.98 Å². The first-order chi connectivity index (χ1) is 7.49. The number of rotatable bonds is 4. The molecule has 90 valence electrons. The van der Waals surface area contributed by atoms with E-state index in [1.165, 1.54) is 6.07 Å². The second-order valence-corrected chi connectivity index (χ2v) is 3.55. The molecule has 0 radical (unpaired) electrons. The van der Waals surface area contributed by atoms with Gasteiger partial charge in [-0.3, -0.25) is 0 Å². The van der Waals surface area contributed by atoms with Gasteiger partial charge in [-0.25, -0.2) is 4.98 Å². The van der Waals surface area contributed by atoms with Crippen LogP contribution in [0.1, 0.15) is 12.5 Å². The third-order valence-electron chi connectivity index (χ3n) is 2.14. The molecule has 2 nitrogen and oxygen atoms in total. The number of pyridine rings is 1. The zero-order valence-corrected chi connectivity index (χ0v) is 9.52. The van der Waals surface area contributed by atoms with Crippen molar-refractivity contribution < 1.29 is 13.2 Å². The molecule has 0 spiro atoms. The number of anilines is 1. The van der Waals surface area contributed by atoms with Crippen LogP contribution in [-0.2, 0) is 6.18 Å². The minimum Gasteiger partial charge on any atom is -0.356 e. The Kier molecular flexibility index (Phi) is 4.41. The van der Waals surface area contributed by atoms with E-state index in [1.54, 1.807) is 0 Å². The summed E-state index contributed by atoms with van der Waals surface area (Å²) in [5, 5.41) is 0. The van der Waals surface area contributed by atoms with E-state index in [4.69, 9.17) is 11.6 Å². The van der Waals surface area contributed by atoms with Gasteiger partial charge >= 0.3 is 6.18 Å².